The topological polar surface area (TPSA) is 42.2 Å². The van der Waals surface area contributed by atoms with E-state index in [2.05, 4.69) is 25.2 Å². The van der Waals surface area contributed by atoms with E-state index in [9.17, 15) is 4.21 Å². The van der Waals surface area contributed by atoms with E-state index in [0.29, 0.717) is 11.8 Å². The van der Waals surface area contributed by atoms with Crippen molar-refractivity contribution < 1.29 is 8.63 Å². The van der Waals surface area contributed by atoms with Crippen LogP contribution in [0.4, 0.5) is 0 Å². The smallest absolute Gasteiger partial charge is 0.134 e. The molecule has 3 nitrogen and oxygen atoms in total. The maximum atomic E-state index is 12.1. The van der Waals surface area contributed by atoms with Crippen LogP contribution in [0, 0.1) is 0 Å². The summed E-state index contributed by atoms with van der Waals surface area (Å²) in [5.41, 5.74) is 2.19. The monoisotopic (exact) mass is 291 g/mol. The van der Waals surface area contributed by atoms with E-state index in [1.54, 1.807) is 0 Å². The Morgan fingerprint density at radius 1 is 1.30 bits per heavy atom. The van der Waals surface area contributed by atoms with Crippen molar-refractivity contribution in [2.45, 2.75) is 38.8 Å². The van der Waals surface area contributed by atoms with Gasteiger partial charge in [-0.15, -0.1) is 0 Å². The summed E-state index contributed by atoms with van der Waals surface area (Å²) in [7, 11) is -0.755. The van der Waals surface area contributed by atoms with Crippen LogP contribution < -0.4 is 5.32 Å². The molecule has 2 heterocycles. The zero-order valence-corrected chi connectivity index (χ0v) is 12.8. The normalized spacial score (nSPS) is 27.0. The van der Waals surface area contributed by atoms with Crippen molar-refractivity contribution in [3.8, 4) is 0 Å². The number of hydrogen-bond donors (Lipinski definition) is 1. The lowest BCUT2D eigenvalue weighted by Crippen LogP contribution is -2.44. The maximum Gasteiger partial charge on any atom is 0.134 e. The highest BCUT2D eigenvalue weighted by Crippen LogP contribution is 2.32. The van der Waals surface area contributed by atoms with Crippen LogP contribution in [0.25, 0.3) is 11.0 Å². The van der Waals surface area contributed by atoms with Gasteiger partial charge in [-0.05, 0) is 18.9 Å². The number of para-hydroxylation sites is 1. The highest BCUT2D eigenvalue weighted by Gasteiger charge is 2.30. The van der Waals surface area contributed by atoms with Crippen molar-refractivity contribution in [3.05, 3.63) is 35.6 Å². The number of nitrogens with one attached hydrogen (secondary N) is 1. The molecule has 108 valence electrons. The van der Waals surface area contributed by atoms with E-state index in [4.69, 9.17) is 4.42 Å². The van der Waals surface area contributed by atoms with Gasteiger partial charge < -0.3 is 9.73 Å². The number of aryl methyl sites for hydroxylation is 1. The Labute approximate surface area is 122 Å². The Balaban J connectivity index is 2.02. The molecule has 1 saturated heterocycles. The maximum absolute atomic E-state index is 12.1. The lowest BCUT2D eigenvalue weighted by molar-refractivity contribution is 0.395. The lowest BCUT2D eigenvalue weighted by atomic mass is 10.0. The van der Waals surface area contributed by atoms with Crippen molar-refractivity contribution in [3.63, 3.8) is 0 Å². The molecule has 0 amide bonds. The molecule has 20 heavy (non-hydrogen) atoms. The molecule has 1 fully saturated rings. The molecule has 1 aromatic heterocycles. The predicted molar refractivity (Wildman–Crippen MR) is 83.4 cm³/mol. The third kappa shape index (κ3) is 2.42. The standard InChI is InChI=1S/C16H21NO2S/c1-3-11-9-20(18)10-14(17-11)16-12(4-2)13-7-5-6-8-15(13)19-16/h5-8,11,14,17H,3-4,9-10H2,1-2H3. The Morgan fingerprint density at radius 3 is 2.85 bits per heavy atom. The molecule has 0 bridgehead atoms. The molecule has 0 radical (unpaired) electrons. The fourth-order valence-electron chi connectivity index (χ4n) is 3.01. The Morgan fingerprint density at radius 2 is 2.10 bits per heavy atom. The summed E-state index contributed by atoms with van der Waals surface area (Å²) in [5, 5.41) is 4.79. The van der Waals surface area contributed by atoms with Gasteiger partial charge in [-0.1, -0.05) is 32.0 Å². The molecule has 0 saturated carbocycles. The summed E-state index contributed by atoms with van der Waals surface area (Å²) in [6.07, 6.45) is 1.94. The van der Waals surface area contributed by atoms with Crippen LogP contribution >= 0.6 is 0 Å². The van der Waals surface area contributed by atoms with Crippen LogP contribution in [-0.2, 0) is 17.2 Å². The minimum Gasteiger partial charge on any atom is -0.459 e. The largest absolute Gasteiger partial charge is 0.459 e. The molecular formula is C16H21NO2S. The molecule has 0 spiro atoms. The van der Waals surface area contributed by atoms with Gasteiger partial charge in [0.05, 0.1) is 6.04 Å². The van der Waals surface area contributed by atoms with Crippen molar-refractivity contribution >= 4 is 21.8 Å². The fourth-order valence-corrected chi connectivity index (χ4v) is 4.55. The fraction of sp³-hybridized carbons (Fsp3) is 0.500. The lowest BCUT2D eigenvalue weighted by Gasteiger charge is -2.29. The highest BCUT2D eigenvalue weighted by atomic mass is 32.2. The van der Waals surface area contributed by atoms with Gasteiger partial charge in [0.2, 0.25) is 0 Å². The van der Waals surface area contributed by atoms with E-state index in [-0.39, 0.29) is 6.04 Å². The van der Waals surface area contributed by atoms with Gasteiger partial charge in [0.15, 0.2) is 0 Å². The Kier molecular flexibility index (Phi) is 3.94. The Bertz CT molecular complexity index is 634. The van der Waals surface area contributed by atoms with Gasteiger partial charge in [-0.3, -0.25) is 4.21 Å². The summed E-state index contributed by atoms with van der Waals surface area (Å²) in [5.74, 6) is 2.40. The van der Waals surface area contributed by atoms with Crippen molar-refractivity contribution in [1.82, 2.24) is 5.32 Å². The molecule has 0 aliphatic carbocycles. The minimum absolute atomic E-state index is 0.0804. The summed E-state index contributed by atoms with van der Waals surface area (Å²) >= 11 is 0. The molecule has 3 rings (SSSR count). The summed E-state index contributed by atoms with van der Waals surface area (Å²) in [4.78, 5) is 0. The van der Waals surface area contributed by atoms with Gasteiger partial charge >= 0.3 is 0 Å². The molecule has 3 unspecified atom stereocenters. The van der Waals surface area contributed by atoms with Crippen LogP contribution in [0.5, 0.6) is 0 Å². The zero-order valence-electron chi connectivity index (χ0n) is 12.0. The second-order valence-electron chi connectivity index (χ2n) is 5.39. The quantitative estimate of drug-likeness (QED) is 0.944. The Hall–Kier alpha value is -1.13. The van der Waals surface area contributed by atoms with Crippen LogP contribution in [0.15, 0.2) is 28.7 Å². The SMILES string of the molecule is CCc1c(C2CS(=O)CC(CC)N2)oc2ccccc12. The third-order valence-corrected chi connectivity index (χ3v) is 5.55. The van der Waals surface area contributed by atoms with Crippen molar-refractivity contribution in [2.24, 2.45) is 0 Å². The molecule has 4 heteroatoms. The third-order valence-electron chi connectivity index (χ3n) is 4.07. The first kappa shape index (κ1) is 13.8. The summed E-state index contributed by atoms with van der Waals surface area (Å²) in [6, 6.07) is 8.57. The minimum atomic E-state index is -0.755. The number of furan rings is 1. The molecule has 1 aliphatic heterocycles. The first-order valence-electron chi connectivity index (χ1n) is 7.34. The van der Waals surface area contributed by atoms with E-state index in [1.165, 1.54) is 10.9 Å². The molecule has 1 aliphatic rings. The van der Waals surface area contributed by atoms with Crippen molar-refractivity contribution in [1.29, 1.82) is 0 Å². The van der Waals surface area contributed by atoms with E-state index >= 15 is 0 Å². The second kappa shape index (κ2) is 5.70. The second-order valence-corrected chi connectivity index (χ2v) is 6.94. The average Bonchev–Trinajstić information content (AvgIpc) is 2.85. The number of fused-ring (bicyclic) bond motifs is 1. The first-order chi connectivity index (χ1) is 9.72. The summed E-state index contributed by atoms with van der Waals surface area (Å²) in [6.45, 7) is 4.29. The van der Waals surface area contributed by atoms with Crippen molar-refractivity contribution in [2.75, 3.05) is 11.5 Å². The molecule has 2 aromatic rings. The van der Waals surface area contributed by atoms with Gasteiger partial charge in [-0.25, -0.2) is 0 Å². The van der Waals surface area contributed by atoms with Crippen LogP contribution in [0.1, 0.15) is 37.6 Å². The van der Waals surface area contributed by atoms with E-state index < -0.39 is 10.8 Å². The summed E-state index contributed by atoms with van der Waals surface area (Å²) < 4.78 is 18.1. The van der Waals surface area contributed by atoms with Gasteiger partial charge in [-0.2, -0.15) is 0 Å². The van der Waals surface area contributed by atoms with Crippen LogP contribution in [-0.4, -0.2) is 21.8 Å². The molecule has 3 atom stereocenters. The van der Waals surface area contributed by atoms with Gasteiger partial charge in [0.25, 0.3) is 0 Å². The zero-order chi connectivity index (χ0) is 14.1. The van der Waals surface area contributed by atoms with E-state index in [0.717, 1.165) is 29.9 Å². The van der Waals surface area contributed by atoms with Crippen LogP contribution in [0.3, 0.4) is 0 Å². The number of benzene rings is 1. The molecular weight excluding hydrogens is 270 g/mol. The average molecular weight is 291 g/mol. The predicted octanol–water partition coefficient (Wildman–Crippen LogP) is 3.17. The van der Waals surface area contributed by atoms with Gasteiger partial charge in [0.1, 0.15) is 11.3 Å². The first-order valence-corrected chi connectivity index (χ1v) is 8.83. The number of hydrogen-bond acceptors (Lipinski definition) is 3. The molecule has 1 N–H and O–H groups in total. The van der Waals surface area contributed by atoms with E-state index in [1.807, 2.05) is 18.2 Å². The number of rotatable bonds is 3. The molecule has 1 aromatic carbocycles. The van der Waals surface area contributed by atoms with Crippen LogP contribution in [0.2, 0.25) is 0 Å². The highest BCUT2D eigenvalue weighted by molar-refractivity contribution is 7.85. The van der Waals surface area contributed by atoms with Gasteiger partial charge in [0, 0.05) is 39.3 Å².